The number of thiophene rings is 1. The van der Waals surface area contributed by atoms with E-state index in [2.05, 4.69) is 9.97 Å². The second kappa shape index (κ2) is 7.67. The van der Waals surface area contributed by atoms with Crippen LogP contribution in [0.2, 0.25) is 0 Å². The van der Waals surface area contributed by atoms with E-state index in [4.69, 9.17) is 9.47 Å². The van der Waals surface area contributed by atoms with Crippen molar-refractivity contribution >= 4 is 21.6 Å². The van der Waals surface area contributed by atoms with Crippen molar-refractivity contribution in [3.8, 4) is 22.6 Å². The Kier molecular flexibility index (Phi) is 5.07. The van der Waals surface area contributed by atoms with E-state index in [0.717, 1.165) is 21.6 Å². The van der Waals surface area contributed by atoms with Crippen LogP contribution in [0.3, 0.4) is 0 Å². The fraction of sp³-hybridized carbons (Fsp3) is 0.182. The van der Waals surface area contributed by atoms with Gasteiger partial charge >= 0.3 is 0 Å². The lowest BCUT2D eigenvalue weighted by Gasteiger charge is -2.09. The van der Waals surface area contributed by atoms with E-state index in [0.29, 0.717) is 34.0 Å². The van der Waals surface area contributed by atoms with Crippen molar-refractivity contribution in [2.24, 2.45) is 0 Å². The molecular formula is C22H19FN2O3S. The largest absolute Gasteiger partial charge is 0.493 e. The molecule has 2 aromatic carbocycles. The molecule has 0 atom stereocenters. The molecule has 148 valence electrons. The standard InChI is InChI=1S/C22H19FN2O3S/c1-12-19(14-5-7-15(23)8-6-14)20-21(26)24-18(25-22(20)29-12)11-13-4-9-16(27-2)17(10-13)28-3/h4-10H,11H2,1-3H3,(H,24,25,26). The van der Waals surface area contributed by atoms with E-state index in [1.54, 1.807) is 26.4 Å². The number of benzene rings is 2. The number of aromatic amines is 1. The number of hydrogen-bond acceptors (Lipinski definition) is 5. The molecule has 7 heteroatoms. The minimum atomic E-state index is -0.310. The third-order valence-electron chi connectivity index (χ3n) is 4.74. The number of H-pyrrole nitrogens is 1. The summed E-state index contributed by atoms with van der Waals surface area (Å²) in [6.07, 6.45) is 0.453. The summed E-state index contributed by atoms with van der Waals surface area (Å²) in [5, 5.41) is 0.537. The Morgan fingerprint density at radius 1 is 1.07 bits per heavy atom. The molecule has 1 N–H and O–H groups in total. The second-order valence-corrected chi connectivity index (χ2v) is 7.80. The van der Waals surface area contributed by atoms with Crippen LogP contribution in [0.25, 0.3) is 21.3 Å². The number of aromatic nitrogens is 2. The first kappa shape index (κ1) is 19.1. The summed E-state index contributed by atoms with van der Waals surface area (Å²) >= 11 is 1.46. The third-order valence-corrected chi connectivity index (χ3v) is 5.74. The van der Waals surface area contributed by atoms with E-state index < -0.39 is 0 Å². The van der Waals surface area contributed by atoms with Gasteiger partial charge in [0.05, 0.1) is 19.6 Å². The molecule has 4 aromatic rings. The van der Waals surface area contributed by atoms with Crippen LogP contribution in [0.1, 0.15) is 16.3 Å². The molecule has 0 fully saturated rings. The zero-order chi connectivity index (χ0) is 20.5. The number of fused-ring (bicyclic) bond motifs is 1. The predicted molar refractivity (Wildman–Crippen MR) is 113 cm³/mol. The minimum absolute atomic E-state index is 0.200. The first-order valence-electron chi connectivity index (χ1n) is 8.99. The van der Waals surface area contributed by atoms with Crippen molar-refractivity contribution in [1.29, 1.82) is 0 Å². The molecule has 0 aliphatic rings. The van der Waals surface area contributed by atoms with Crippen molar-refractivity contribution < 1.29 is 13.9 Å². The molecule has 0 unspecified atom stereocenters. The molecule has 29 heavy (non-hydrogen) atoms. The Labute approximate surface area is 170 Å². The molecule has 4 rings (SSSR count). The van der Waals surface area contributed by atoms with Gasteiger partial charge in [-0.1, -0.05) is 18.2 Å². The van der Waals surface area contributed by atoms with Gasteiger partial charge in [-0.25, -0.2) is 9.37 Å². The lowest BCUT2D eigenvalue weighted by molar-refractivity contribution is 0.354. The molecule has 0 spiro atoms. The van der Waals surface area contributed by atoms with E-state index in [1.165, 1.54) is 23.5 Å². The first-order chi connectivity index (χ1) is 14.0. The highest BCUT2D eigenvalue weighted by molar-refractivity contribution is 7.19. The fourth-order valence-electron chi connectivity index (χ4n) is 3.40. The lowest BCUT2D eigenvalue weighted by atomic mass is 10.0. The summed E-state index contributed by atoms with van der Waals surface area (Å²) in [5.41, 5.74) is 2.35. The number of hydrogen-bond donors (Lipinski definition) is 1. The quantitative estimate of drug-likeness (QED) is 0.518. The van der Waals surface area contributed by atoms with Crippen LogP contribution >= 0.6 is 11.3 Å². The van der Waals surface area contributed by atoms with Crippen molar-refractivity contribution in [3.05, 3.63) is 74.9 Å². The van der Waals surface area contributed by atoms with Crippen LogP contribution in [-0.4, -0.2) is 24.2 Å². The molecule has 0 aliphatic carbocycles. The topological polar surface area (TPSA) is 64.2 Å². The van der Waals surface area contributed by atoms with Crippen LogP contribution < -0.4 is 15.0 Å². The van der Waals surface area contributed by atoms with Gasteiger partial charge in [0.25, 0.3) is 5.56 Å². The molecule has 0 saturated carbocycles. The Hall–Kier alpha value is -3.19. The summed E-state index contributed by atoms with van der Waals surface area (Å²) in [7, 11) is 3.17. The number of nitrogens with one attached hydrogen (secondary N) is 1. The number of methoxy groups -OCH3 is 2. The maximum absolute atomic E-state index is 13.3. The maximum atomic E-state index is 13.3. The Morgan fingerprint density at radius 2 is 1.79 bits per heavy atom. The Balaban J connectivity index is 1.76. The molecule has 0 radical (unpaired) electrons. The smallest absolute Gasteiger partial charge is 0.260 e. The van der Waals surface area contributed by atoms with Gasteiger partial charge < -0.3 is 14.5 Å². The van der Waals surface area contributed by atoms with Gasteiger partial charge in [-0.2, -0.15) is 0 Å². The van der Waals surface area contributed by atoms with E-state index in [1.807, 2.05) is 25.1 Å². The SMILES string of the molecule is COc1ccc(Cc2nc3sc(C)c(-c4ccc(F)cc4)c3c(=O)[nH]2)cc1OC. The molecule has 2 aromatic heterocycles. The van der Waals surface area contributed by atoms with Crippen LogP contribution in [0.4, 0.5) is 4.39 Å². The maximum Gasteiger partial charge on any atom is 0.260 e. The number of aryl methyl sites for hydroxylation is 1. The van der Waals surface area contributed by atoms with Gasteiger partial charge in [-0.15, -0.1) is 11.3 Å². The van der Waals surface area contributed by atoms with Gasteiger partial charge in [-0.05, 0) is 42.3 Å². The second-order valence-electron chi connectivity index (χ2n) is 6.60. The zero-order valence-corrected chi connectivity index (χ0v) is 17.0. The summed E-state index contributed by atoms with van der Waals surface area (Å²) in [4.78, 5) is 22.1. The van der Waals surface area contributed by atoms with Crippen molar-refractivity contribution in [3.63, 3.8) is 0 Å². The van der Waals surface area contributed by atoms with Crippen molar-refractivity contribution in [2.75, 3.05) is 14.2 Å². The molecule has 0 aliphatic heterocycles. The van der Waals surface area contributed by atoms with Crippen LogP contribution in [0.5, 0.6) is 11.5 Å². The molecule has 2 heterocycles. The van der Waals surface area contributed by atoms with Crippen LogP contribution in [0.15, 0.2) is 47.3 Å². The molecule has 5 nitrogen and oxygen atoms in total. The number of halogens is 1. The van der Waals surface area contributed by atoms with Gasteiger partial charge in [0.2, 0.25) is 0 Å². The Bertz CT molecular complexity index is 1250. The normalized spacial score (nSPS) is 11.0. The average molecular weight is 410 g/mol. The fourth-order valence-corrected chi connectivity index (χ4v) is 4.46. The van der Waals surface area contributed by atoms with Crippen molar-refractivity contribution in [2.45, 2.75) is 13.3 Å². The number of nitrogens with zero attached hydrogens (tertiary/aromatic N) is 1. The van der Waals surface area contributed by atoms with Crippen LogP contribution in [0, 0.1) is 12.7 Å². The average Bonchev–Trinajstić information content (AvgIpc) is 3.04. The van der Waals surface area contributed by atoms with E-state index >= 15 is 0 Å². The number of ether oxygens (including phenoxy) is 2. The zero-order valence-electron chi connectivity index (χ0n) is 16.2. The predicted octanol–water partition coefficient (Wildman–Crippen LogP) is 4.71. The van der Waals surface area contributed by atoms with Gasteiger partial charge in [0.1, 0.15) is 16.5 Å². The highest BCUT2D eigenvalue weighted by Crippen LogP contribution is 2.35. The summed E-state index contributed by atoms with van der Waals surface area (Å²) in [6, 6.07) is 11.8. The minimum Gasteiger partial charge on any atom is -0.493 e. The summed E-state index contributed by atoms with van der Waals surface area (Å²) in [5.74, 6) is 1.53. The highest BCUT2D eigenvalue weighted by atomic mass is 32.1. The monoisotopic (exact) mass is 410 g/mol. The molecular weight excluding hydrogens is 391 g/mol. The Morgan fingerprint density at radius 3 is 2.48 bits per heavy atom. The molecule has 0 saturated heterocycles. The number of rotatable bonds is 5. The summed E-state index contributed by atoms with van der Waals surface area (Å²) < 4.78 is 23.9. The van der Waals surface area contributed by atoms with Crippen molar-refractivity contribution in [1.82, 2.24) is 9.97 Å². The molecule has 0 amide bonds. The van der Waals surface area contributed by atoms with Gasteiger partial charge in [0, 0.05) is 16.9 Å². The van der Waals surface area contributed by atoms with E-state index in [9.17, 15) is 9.18 Å². The summed E-state index contributed by atoms with van der Waals surface area (Å²) in [6.45, 7) is 1.94. The third kappa shape index (κ3) is 3.61. The molecule has 0 bridgehead atoms. The van der Waals surface area contributed by atoms with E-state index in [-0.39, 0.29) is 11.4 Å². The van der Waals surface area contributed by atoms with Gasteiger partial charge in [-0.3, -0.25) is 4.79 Å². The highest BCUT2D eigenvalue weighted by Gasteiger charge is 2.17. The van der Waals surface area contributed by atoms with Gasteiger partial charge in [0.15, 0.2) is 11.5 Å². The first-order valence-corrected chi connectivity index (χ1v) is 9.81. The van der Waals surface area contributed by atoms with Crippen LogP contribution in [-0.2, 0) is 6.42 Å². The lowest BCUT2D eigenvalue weighted by Crippen LogP contribution is -2.12.